The van der Waals surface area contributed by atoms with Crippen LogP contribution in [0.4, 0.5) is 5.69 Å². The molecular weight excluding hydrogens is 514 g/mol. The van der Waals surface area contributed by atoms with Crippen molar-refractivity contribution in [3.63, 3.8) is 0 Å². The van der Waals surface area contributed by atoms with E-state index in [1.807, 2.05) is 80.1 Å². The van der Waals surface area contributed by atoms with Gasteiger partial charge in [0, 0.05) is 42.2 Å². The molecule has 6 nitrogen and oxygen atoms in total. The number of aryl methyl sites for hydroxylation is 2. The summed E-state index contributed by atoms with van der Waals surface area (Å²) in [7, 11) is 0. The van der Waals surface area contributed by atoms with E-state index in [4.69, 9.17) is 21.9 Å². The van der Waals surface area contributed by atoms with Gasteiger partial charge >= 0.3 is 0 Å². The van der Waals surface area contributed by atoms with Crippen molar-refractivity contribution >= 4 is 23.0 Å². The predicted molar refractivity (Wildman–Crippen MR) is 163 cm³/mol. The third-order valence-electron chi connectivity index (χ3n) is 7.53. The molecule has 0 bridgehead atoms. The zero-order valence-electron chi connectivity index (χ0n) is 22.8. The average Bonchev–Trinajstić information content (AvgIpc) is 3.46. The first kappa shape index (κ1) is 25.8. The van der Waals surface area contributed by atoms with E-state index in [-0.39, 0.29) is 12.1 Å². The second-order valence-electron chi connectivity index (χ2n) is 10.1. The molecule has 4 heterocycles. The zero-order chi connectivity index (χ0) is 27.6. The standard InChI is InChI=1S/C33H31N5OS/c1-22-9-4-5-12-30(22)39-27-15-13-26(14-16-27)38-32(31(36-33(38)40)29-11-6-7-18-35-29)28-19-23(2)37(24(28)3)21-25-10-8-17-34-20-25/h4-20,31-32H,21H2,1-3H3,(H,36,40)/t31-,32-/m0/s1. The maximum absolute atomic E-state index is 6.16. The lowest BCUT2D eigenvalue weighted by molar-refractivity contribution is 0.479. The number of ether oxygens (including phenoxy) is 1. The first-order chi connectivity index (χ1) is 19.5. The number of hydrogen-bond donors (Lipinski definition) is 1. The first-order valence-electron chi connectivity index (χ1n) is 13.4. The summed E-state index contributed by atoms with van der Waals surface area (Å²) in [5, 5.41) is 4.25. The lowest BCUT2D eigenvalue weighted by Gasteiger charge is -2.28. The Labute approximate surface area is 240 Å². The number of anilines is 1. The minimum absolute atomic E-state index is 0.0839. The highest BCUT2D eigenvalue weighted by atomic mass is 32.1. The second-order valence-corrected chi connectivity index (χ2v) is 10.5. The molecule has 7 heteroatoms. The zero-order valence-corrected chi connectivity index (χ0v) is 23.6. The van der Waals surface area contributed by atoms with E-state index in [1.54, 1.807) is 0 Å². The van der Waals surface area contributed by atoms with Gasteiger partial charge in [0.05, 0.1) is 17.8 Å². The van der Waals surface area contributed by atoms with Crippen LogP contribution in [0, 0.1) is 20.8 Å². The van der Waals surface area contributed by atoms with Gasteiger partial charge in [0.25, 0.3) is 0 Å². The highest BCUT2D eigenvalue weighted by Gasteiger charge is 2.42. The lowest BCUT2D eigenvalue weighted by Crippen LogP contribution is -2.29. The molecule has 0 radical (unpaired) electrons. The summed E-state index contributed by atoms with van der Waals surface area (Å²) < 4.78 is 8.51. The number of aromatic nitrogens is 3. The van der Waals surface area contributed by atoms with Gasteiger partial charge in [0.1, 0.15) is 11.5 Å². The minimum atomic E-state index is -0.107. The van der Waals surface area contributed by atoms with Crippen LogP contribution in [0.25, 0.3) is 0 Å². The maximum Gasteiger partial charge on any atom is 0.174 e. The van der Waals surface area contributed by atoms with Crippen LogP contribution in [-0.4, -0.2) is 19.6 Å². The van der Waals surface area contributed by atoms with Gasteiger partial charge in [0.2, 0.25) is 0 Å². The molecule has 40 heavy (non-hydrogen) atoms. The second kappa shape index (κ2) is 10.9. The SMILES string of the molecule is Cc1ccccc1Oc1ccc(N2C(=S)N[C@@H](c3ccccn3)[C@@H]2c2cc(C)n(Cc3cccnc3)c2C)cc1. The number of hydrogen-bond acceptors (Lipinski definition) is 4. The predicted octanol–water partition coefficient (Wildman–Crippen LogP) is 7.22. The van der Waals surface area contributed by atoms with Crippen LogP contribution in [0.1, 0.15) is 45.9 Å². The van der Waals surface area contributed by atoms with Gasteiger partial charge in [0.15, 0.2) is 5.11 Å². The van der Waals surface area contributed by atoms with E-state index < -0.39 is 0 Å². The Balaban J connectivity index is 1.38. The summed E-state index contributed by atoms with van der Waals surface area (Å²) in [6.45, 7) is 7.15. The molecular formula is C33H31N5OS. The molecule has 1 aliphatic heterocycles. The van der Waals surface area contributed by atoms with Gasteiger partial charge < -0.3 is 19.5 Å². The smallest absolute Gasteiger partial charge is 0.174 e. The molecule has 0 aliphatic carbocycles. The fraction of sp³-hybridized carbons (Fsp3) is 0.182. The van der Waals surface area contributed by atoms with Crippen molar-refractivity contribution in [2.45, 2.75) is 39.4 Å². The van der Waals surface area contributed by atoms with Gasteiger partial charge in [-0.05, 0) is 104 Å². The Morgan fingerprint density at radius 1 is 0.900 bits per heavy atom. The number of pyridine rings is 2. The topological polar surface area (TPSA) is 55.2 Å². The molecule has 2 aromatic carbocycles. The Hall–Kier alpha value is -4.49. The minimum Gasteiger partial charge on any atom is -0.457 e. The highest BCUT2D eigenvalue weighted by Crippen LogP contribution is 2.43. The summed E-state index contributed by atoms with van der Waals surface area (Å²) in [5.41, 5.74) is 7.81. The van der Waals surface area contributed by atoms with Gasteiger partial charge in [-0.15, -0.1) is 0 Å². The van der Waals surface area contributed by atoms with E-state index in [0.29, 0.717) is 5.11 Å². The van der Waals surface area contributed by atoms with Crippen molar-refractivity contribution in [2.24, 2.45) is 0 Å². The van der Waals surface area contributed by atoms with Crippen LogP contribution in [-0.2, 0) is 6.54 Å². The van der Waals surface area contributed by atoms with E-state index in [0.717, 1.165) is 35.0 Å². The van der Waals surface area contributed by atoms with Crippen LogP contribution in [0.15, 0.2) is 104 Å². The highest BCUT2D eigenvalue weighted by molar-refractivity contribution is 7.80. The third-order valence-corrected chi connectivity index (χ3v) is 7.84. The molecule has 0 amide bonds. The normalized spacial score (nSPS) is 16.7. The number of para-hydroxylation sites is 1. The molecule has 0 saturated carbocycles. The van der Waals surface area contributed by atoms with Gasteiger partial charge in [-0.25, -0.2) is 0 Å². The first-order valence-corrected chi connectivity index (χ1v) is 13.8. The summed E-state index contributed by atoms with van der Waals surface area (Å²) in [4.78, 5) is 11.2. The summed E-state index contributed by atoms with van der Waals surface area (Å²) in [5.74, 6) is 1.63. The van der Waals surface area contributed by atoms with Crippen molar-refractivity contribution in [2.75, 3.05) is 4.90 Å². The summed E-state index contributed by atoms with van der Waals surface area (Å²) in [6.07, 6.45) is 5.57. The van der Waals surface area contributed by atoms with E-state index in [2.05, 4.69) is 63.9 Å². The molecule has 5 aromatic rings. The van der Waals surface area contributed by atoms with Crippen molar-refractivity contribution in [1.29, 1.82) is 0 Å². The molecule has 6 rings (SSSR count). The fourth-order valence-corrected chi connectivity index (χ4v) is 5.81. The van der Waals surface area contributed by atoms with Crippen LogP contribution in [0.3, 0.4) is 0 Å². The van der Waals surface area contributed by atoms with E-state index >= 15 is 0 Å². The largest absolute Gasteiger partial charge is 0.457 e. The molecule has 0 spiro atoms. The number of benzene rings is 2. The van der Waals surface area contributed by atoms with Crippen molar-refractivity contribution in [3.05, 3.63) is 137 Å². The van der Waals surface area contributed by atoms with Crippen LogP contribution in [0.5, 0.6) is 11.5 Å². The Bertz CT molecular complexity index is 1630. The molecule has 0 unspecified atom stereocenters. The average molecular weight is 546 g/mol. The van der Waals surface area contributed by atoms with E-state index in [9.17, 15) is 0 Å². The number of rotatable bonds is 7. The molecule has 1 fully saturated rings. The molecule has 2 atom stereocenters. The van der Waals surface area contributed by atoms with Crippen LogP contribution >= 0.6 is 12.2 Å². The van der Waals surface area contributed by atoms with Crippen LogP contribution in [0.2, 0.25) is 0 Å². The quantitative estimate of drug-likeness (QED) is 0.218. The maximum atomic E-state index is 6.16. The van der Waals surface area contributed by atoms with Crippen LogP contribution < -0.4 is 15.0 Å². The Morgan fingerprint density at radius 2 is 1.70 bits per heavy atom. The Morgan fingerprint density at radius 3 is 2.42 bits per heavy atom. The van der Waals surface area contributed by atoms with Crippen molar-refractivity contribution < 1.29 is 4.74 Å². The number of nitrogens with one attached hydrogen (secondary N) is 1. The van der Waals surface area contributed by atoms with Gasteiger partial charge in [-0.2, -0.15) is 0 Å². The van der Waals surface area contributed by atoms with E-state index in [1.165, 1.54) is 22.5 Å². The van der Waals surface area contributed by atoms with Crippen molar-refractivity contribution in [1.82, 2.24) is 19.9 Å². The summed E-state index contributed by atoms with van der Waals surface area (Å²) >= 11 is 5.96. The van der Waals surface area contributed by atoms with Crippen molar-refractivity contribution in [3.8, 4) is 11.5 Å². The lowest BCUT2D eigenvalue weighted by atomic mass is 9.96. The van der Waals surface area contributed by atoms with Gasteiger partial charge in [-0.1, -0.05) is 30.3 Å². The molecule has 1 N–H and O–H groups in total. The number of thiocarbonyl (C=S) groups is 1. The molecule has 1 saturated heterocycles. The fourth-order valence-electron chi connectivity index (χ4n) is 5.47. The third kappa shape index (κ3) is 4.96. The monoisotopic (exact) mass is 545 g/mol. The molecule has 3 aromatic heterocycles. The molecule has 1 aliphatic rings. The number of nitrogens with zero attached hydrogens (tertiary/aromatic N) is 4. The van der Waals surface area contributed by atoms with Gasteiger partial charge in [-0.3, -0.25) is 9.97 Å². The Kier molecular flexibility index (Phi) is 7.05. The molecule has 200 valence electrons. The summed E-state index contributed by atoms with van der Waals surface area (Å²) in [6, 6.07) is 28.4.